The third-order valence-corrected chi connectivity index (χ3v) is 5.88. The largest absolute Gasteiger partial charge is 0.439 e. The van der Waals surface area contributed by atoms with Crippen LogP contribution in [-0.2, 0) is 18.4 Å². The van der Waals surface area contributed by atoms with E-state index in [0.717, 1.165) is 44.8 Å². The van der Waals surface area contributed by atoms with Crippen molar-refractivity contribution in [3.63, 3.8) is 0 Å². The first kappa shape index (κ1) is 22.4. The van der Waals surface area contributed by atoms with Gasteiger partial charge in [-0.05, 0) is 41.5 Å². The zero-order valence-electron chi connectivity index (χ0n) is 19.8. The molecule has 35 heavy (non-hydrogen) atoms. The molecule has 0 bridgehead atoms. The van der Waals surface area contributed by atoms with Gasteiger partial charge in [-0.15, -0.1) is 0 Å². The molecule has 0 radical (unpaired) electrons. The summed E-state index contributed by atoms with van der Waals surface area (Å²) in [6, 6.07) is 21.8. The fraction of sp³-hybridized carbons (Fsp3) is 0.148. The summed E-state index contributed by atoms with van der Waals surface area (Å²) in [5, 5.41) is 3.99. The maximum Gasteiger partial charge on any atom is 0.219 e. The van der Waals surface area contributed by atoms with E-state index in [1.54, 1.807) is 7.11 Å². The van der Waals surface area contributed by atoms with Crippen LogP contribution >= 0.6 is 0 Å². The lowest BCUT2D eigenvalue weighted by molar-refractivity contribution is 0.181. The predicted molar refractivity (Wildman–Crippen MR) is 138 cm³/mol. The summed E-state index contributed by atoms with van der Waals surface area (Å²) in [5.74, 6) is 1.64. The third-order valence-electron chi connectivity index (χ3n) is 5.88. The van der Waals surface area contributed by atoms with Gasteiger partial charge in [-0.3, -0.25) is 0 Å². The molecule has 5 rings (SSSR count). The lowest BCUT2D eigenvalue weighted by atomic mass is 9.98. The summed E-state index contributed by atoms with van der Waals surface area (Å²) in [4.78, 5) is 13.3. The second-order valence-electron chi connectivity index (χ2n) is 8.09. The van der Waals surface area contributed by atoms with Gasteiger partial charge in [0.1, 0.15) is 23.5 Å². The molecular formula is C27H26N6O2. The molecule has 3 N–H and O–H groups in total. The van der Waals surface area contributed by atoms with Gasteiger partial charge in [0.05, 0.1) is 23.4 Å². The molecule has 0 aliphatic rings. The topological polar surface area (TPSA) is 100 Å². The number of pyridine rings is 1. The molecule has 3 aromatic heterocycles. The molecule has 0 amide bonds. The Bertz CT molecular complexity index is 1480. The number of nitrogen functional groups attached to an aromatic ring is 1. The van der Waals surface area contributed by atoms with Gasteiger partial charge in [-0.1, -0.05) is 30.3 Å². The number of ether oxygens (including phenoxy) is 2. The molecule has 0 saturated carbocycles. The Hall–Kier alpha value is -4.43. The van der Waals surface area contributed by atoms with Crippen LogP contribution in [0.5, 0.6) is 11.6 Å². The Balaban J connectivity index is 1.58. The number of nitrogens with two attached hydrogens (primary N) is 1. The van der Waals surface area contributed by atoms with Crippen LogP contribution < -0.4 is 15.8 Å². The molecule has 0 aliphatic heterocycles. The van der Waals surface area contributed by atoms with Crippen molar-refractivity contribution >= 4 is 22.5 Å². The van der Waals surface area contributed by atoms with Crippen molar-refractivity contribution in [1.29, 1.82) is 0 Å². The lowest BCUT2D eigenvalue weighted by Gasteiger charge is -2.11. The molecule has 0 unspecified atom stereocenters. The smallest absolute Gasteiger partial charge is 0.219 e. The summed E-state index contributed by atoms with van der Waals surface area (Å²) >= 11 is 0. The van der Waals surface area contributed by atoms with Gasteiger partial charge in [0, 0.05) is 38.5 Å². The highest BCUT2D eigenvalue weighted by Crippen LogP contribution is 2.42. The Morgan fingerprint density at radius 1 is 0.943 bits per heavy atom. The van der Waals surface area contributed by atoms with Gasteiger partial charge in [-0.25, -0.2) is 15.0 Å². The molecule has 0 fully saturated rings. The number of aromatic nitrogens is 4. The predicted octanol–water partition coefficient (Wildman–Crippen LogP) is 5.26. The van der Waals surface area contributed by atoms with Gasteiger partial charge in [-0.2, -0.15) is 0 Å². The van der Waals surface area contributed by atoms with Crippen LogP contribution in [0.3, 0.4) is 0 Å². The molecule has 0 spiro atoms. The minimum atomic E-state index is 0.429. The highest BCUT2D eigenvalue weighted by Gasteiger charge is 2.21. The Labute approximate surface area is 203 Å². The van der Waals surface area contributed by atoms with E-state index in [1.807, 2.05) is 68.7 Å². The van der Waals surface area contributed by atoms with Crippen molar-refractivity contribution in [1.82, 2.24) is 19.5 Å². The molecule has 2 aromatic carbocycles. The molecule has 0 aliphatic carbocycles. The maximum absolute atomic E-state index is 6.35. The number of hydrogen-bond donors (Lipinski definition) is 2. The lowest BCUT2D eigenvalue weighted by Crippen LogP contribution is -1.96. The molecule has 8 nitrogen and oxygen atoms in total. The normalized spacial score (nSPS) is 11.1. The van der Waals surface area contributed by atoms with E-state index in [1.165, 1.54) is 6.33 Å². The number of rotatable bonds is 7. The average Bonchev–Trinajstić information content (AvgIpc) is 3.18. The van der Waals surface area contributed by atoms with Crippen LogP contribution in [0.4, 0.5) is 11.5 Å². The number of anilines is 2. The van der Waals surface area contributed by atoms with Crippen molar-refractivity contribution in [2.24, 2.45) is 7.05 Å². The number of methoxy groups -OCH3 is 1. The minimum Gasteiger partial charge on any atom is -0.439 e. The fourth-order valence-corrected chi connectivity index (χ4v) is 4.24. The minimum absolute atomic E-state index is 0.429. The quantitative estimate of drug-likeness (QED) is 0.337. The van der Waals surface area contributed by atoms with E-state index in [2.05, 4.69) is 37.0 Å². The van der Waals surface area contributed by atoms with Crippen LogP contribution in [0.25, 0.3) is 33.4 Å². The fourth-order valence-electron chi connectivity index (χ4n) is 4.24. The van der Waals surface area contributed by atoms with E-state index in [-0.39, 0.29) is 0 Å². The van der Waals surface area contributed by atoms with Gasteiger partial charge in [0.2, 0.25) is 5.88 Å². The van der Waals surface area contributed by atoms with Crippen LogP contribution in [0.15, 0.2) is 73.1 Å². The van der Waals surface area contributed by atoms with E-state index in [9.17, 15) is 0 Å². The molecule has 8 heteroatoms. The second kappa shape index (κ2) is 9.44. The average molecular weight is 467 g/mol. The Morgan fingerprint density at radius 2 is 1.69 bits per heavy atom. The summed E-state index contributed by atoms with van der Waals surface area (Å²) in [6.45, 7) is 0.429. The van der Waals surface area contributed by atoms with Crippen molar-refractivity contribution in [2.75, 3.05) is 25.2 Å². The van der Waals surface area contributed by atoms with Crippen LogP contribution in [-0.4, -0.2) is 33.7 Å². The van der Waals surface area contributed by atoms with Crippen molar-refractivity contribution in [3.05, 3.63) is 78.8 Å². The summed E-state index contributed by atoms with van der Waals surface area (Å²) in [6.07, 6.45) is 1.50. The standard InChI is InChI=1S/C27H26N6O2/c1-29-19-11-7-18(8-12-19)25-23(24-26(28)30-16-31-27(24)33(25)2)17-9-13-21(14-10-17)35-22-6-4-5-20(32-22)15-34-3/h4-14,16,29H,15H2,1-3H3,(H2,28,30,31). The third kappa shape index (κ3) is 4.27. The molecular weight excluding hydrogens is 440 g/mol. The number of aryl methyl sites for hydroxylation is 1. The number of benzene rings is 2. The van der Waals surface area contributed by atoms with Crippen molar-refractivity contribution in [2.45, 2.75) is 6.61 Å². The van der Waals surface area contributed by atoms with E-state index < -0.39 is 0 Å². The second-order valence-corrected chi connectivity index (χ2v) is 8.09. The molecule has 176 valence electrons. The maximum atomic E-state index is 6.35. The number of nitrogens with zero attached hydrogens (tertiary/aromatic N) is 4. The monoisotopic (exact) mass is 466 g/mol. The zero-order chi connectivity index (χ0) is 24.4. The highest BCUT2D eigenvalue weighted by molar-refractivity contribution is 6.07. The first-order valence-electron chi connectivity index (χ1n) is 11.2. The van der Waals surface area contributed by atoms with Crippen LogP contribution in [0.2, 0.25) is 0 Å². The highest BCUT2D eigenvalue weighted by atomic mass is 16.5. The molecule has 0 atom stereocenters. The van der Waals surface area contributed by atoms with E-state index >= 15 is 0 Å². The SMILES string of the molecule is CNc1ccc(-c2c(-c3ccc(Oc4cccc(COC)n4)cc3)c3c(N)ncnc3n2C)cc1. The van der Waals surface area contributed by atoms with E-state index in [4.69, 9.17) is 15.2 Å². The van der Waals surface area contributed by atoms with Crippen LogP contribution in [0, 0.1) is 0 Å². The number of hydrogen-bond acceptors (Lipinski definition) is 7. The number of nitrogens with one attached hydrogen (secondary N) is 1. The number of fused-ring (bicyclic) bond motifs is 1. The van der Waals surface area contributed by atoms with E-state index in [0.29, 0.717) is 24.1 Å². The van der Waals surface area contributed by atoms with Gasteiger partial charge in [0.25, 0.3) is 0 Å². The van der Waals surface area contributed by atoms with Crippen molar-refractivity contribution in [3.8, 4) is 34.0 Å². The summed E-state index contributed by atoms with van der Waals surface area (Å²) < 4.78 is 13.2. The molecule has 3 heterocycles. The first-order valence-corrected chi connectivity index (χ1v) is 11.2. The molecule has 0 saturated heterocycles. The Morgan fingerprint density at radius 3 is 2.40 bits per heavy atom. The van der Waals surface area contributed by atoms with Crippen LogP contribution in [0.1, 0.15) is 5.69 Å². The Kier molecular flexibility index (Phi) is 6.03. The first-order chi connectivity index (χ1) is 17.1. The zero-order valence-corrected chi connectivity index (χ0v) is 19.8. The summed E-state index contributed by atoms with van der Waals surface area (Å²) in [5.41, 5.74) is 13.0. The van der Waals surface area contributed by atoms with Gasteiger partial charge in [0.15, 0.2) is 0 Å². The van der Waals surface area contributed by atoms with Crippen molar-refractivity contribution < 1.29 is 9.47 Å². The van der Waals surface area contributed by atoms with Gasteiger partial charge >= 0.3 is 0 Å². The molecule has 5 aromatic rings. The summed E-state index contributed by atoms with van der Waals surface area (Å²) in [7, 11) is 5.54. The van der Waals surface area contributed by atoms with Gasteiger partial charge < -0.3 is 25.1 Å².